The van der Waals surface area contributed by atoms with Gasteiger partial charge in [-0.15, -0.1) is 0 Å². The highest BCUT2D eigenvalue weighted by Crippen LogP contribution is 2.38. The maximum absolute atomic E-state index is 12.5. The highest BCUT2D eigenvalue weighted by atomic mass is 35.5. The number of carbonyl (C=O) groups is 3. The fraction of sp³-hybridized carbons (Fsp3) is 0.429. The predicted octanol–water partition coefficient (Wildman–Crippen LogP) is 3.74. The molecule has 1 saturated carbocycles. The van der Waals surface area contributed by atoms with Crippen molar-refractivity contribution in [2.24, 2.45) is 11.8 Å². The molecule has 2 atom stereocenters. The van der Waals surface area contributed by atoms with Gasteiger partial charge in [-0.05, 0) is 24.5 Å². The molecule has 30 heavy (non-hydrogen) atoms. The quantitative estimate of drug-likeness (QED) is 0.681. The van der Waals surface area contributed by atoms with E-state index < -0.39 is 0 Å². The van der Waals surface area contributed by atoms with Gasteiger partial charge in [0, 0.05) is 19.0 Å². The van der Waals surface area contributed by atoms with Crippen molar-refractivity contribution in [3.8, 4) is 0 Å². The van der Waals surface area contributed by atoms with E-state index in [4.69, 9.17) is 23.2 Å². The van der Waals surface area contributed by atoms with Crippen LogP contribution in [0.25, 0.3) is 0 Å². The SMILES string of the molecule is O=C(CCN1C(=O)C2CCCCC2C1=O)Nc1ccnn1Cc1cccc(Cl)c1Cl. The second-order valence-electron chi connectivity index (χ2n) is 7.71. The van der Waals surface area contributed by atoms with E-state index >= 15 is 0 Å². The maximum atomic E-state index is 12.5. The second-order valence-corrected chi connectivity index (χ2v) is 8.50. The summed E-state index contributed by atoms with van der Waals surface area (Å²) in [5.74, 6) is -0.430. The van der Waals surface area contributed by atoms with Crippen LogP contribution < -0.4 is 5.32 Å². The molecule has 4 rings (SSSR count). The molecular weight excluding hydrogens is 427 g/mol. The molecule has 2 fully saturated rings. The molecular formula is C21H22Cl2N4O3. The first kappa shape index (κ1) is 20.9. The number of carbonyl (C=O) groups excluding carboxylic acids is 3. The average Bonchev–Trinajstić information content (AvgIpc) is 3.27. The number of likely N-dealkylation sites (tertiary alicyclic amines) is 1. The van der Waals surface area contributed by atoms with Gasteiger partial charge in [0.1, 0.15) is 5.82 Å². The van der Waals surface area contributed by atoms with Gasteiger partial charge < -0.3 is 5.32 Å². The fourth-order valence-electron chi connectivity index (χ4n) is 4.27. The minimum Gasteiger partial charge on any atom is -0.311 e. The Hall–Kier alpha value is -2.38. The highest BCUT2D eigenvalue weighted by molar-refractivity contribution is 6.42. The average molecular weight is 449 g/mol. The number of amides is 3. The molecule has 2 heterocycles. The van der Waals surface area contributed by atoms with Crippen molar-refractivity contribution in [2.45, 2.75) is 38.6 Å². The molecule has 1 saturated heterocycles. The molecule has 0 bridgehead atoms. The van der Waals surface area contributed by atoms with E-state index in [1.54, 1.807) is 29.1 Å². The van der Waals surface area contributed by atoms with Crippen molar-refractivity contribution in [3.05, 3.63) is 46.1 Å². The molecule has 7 nitrogen and oxygen atoms in total. The summed E-state index contributed by atoms with van der Waals surface area (Å²) in [5.41, 5.74) is 0.777. The number of benzene rings is 1. The number of nitrogens with one attached hydrogen (secondary N) is 1. The largest absolute Gasteiger partial charge is 0.311 e. The van der Waals surface area contributed by atoms with Gasteiger partial charge in [0.05, 0.1) is 34.6 Å². The first-order valence-corrected chi connectivity index (χ1v) is 10.8. The lowest BCUT2D eigenvalue weighted by atomic mass is 9.81. The number of imide groups is 1. The van der Waals surface area contributed by atoms with Crippen molar-refractivity contribution in [1.82, 2.24) is 14.7 Å². The minimum atomic E-state index is -0.288. The molecule has 1 aliphatic carbocycles. The summed E-state index contributed by atoms with van der Waals surface area (Å²) in [7, 11) is 0. The molecule has 1 aromatic heterocycles. The number of aromatic nitrogens is 2. The number of hydrogen-bond donors (Lipinski definition) is 1. The molecule has 2 unspecified atom stereocenters. The zero-order chi connectivity index (χ0) is 21.3. The van der Waals surface area contributed by atoms with Crippen LogP contribution in [0.15, 0.2) is 30.5 Å². The molecule has 1 aliphatic heterocycles. The molecule has 1 aromatic carbocycles. The molecule has 3 amide bonds. The van der Waals surface area contributed by atoms with Crippen LogP contribution in [0.2, 0.25) is 10.0 Å². The summed E-state index contributed by atoms with van der Waals surface area (Å²) >= 11 is 12.3. The number of rotatable bonds is 6. The lowest BCUT2D eigenvalue weighted by Crippen LogP contribution is -2.34. The first-order valence-electron chi connectivity index (χ1n) is 10.1. The standard InChI is InChI=1S/C21H22Cl2N4O3/c22-16-7-3-4-13(19(16)23)12-27-17(8-10-24-27)25-18(28)9-11-26-20(29)14-5-1-2-6-15(14)21(26)30/h3-4,7-8,10,14-15H,1-2,5-6,9,11-12H2,(H,25,28). The topological polar surface area (TPSA) is 84.3 Å². The molecule has 9 heteroatoms. The van der Waals surface area contributed by atoms with Gasteiger partial charge in [-0.1, -0.05) is 48.2 Å². The van der Waals surface area contributed by atoms with Gasteiger partial charge >= 0.3 is 0 Å². The van der Waals surface area contributed by atoms with E-state index in [-0.39, 0.29) is 42.5 Å². The fourth-order valence-corrected chi connectivity index (χ4v) is 4.65. The number of nitrogens with zero attached hydrogens (tertiary/aromatic N) is 3. The third-order valence-electron chi connectivity index (χ3n) is 5.83. The zero-order valence-corrected chi connectivity index (χ0v) is 17.8. The summed E-state index contributed by atoms with van der Waals surface area (Å²) in [5, 5.41) is 7.92. The van der Waals surface area contributed by atoms with Crippen LogP contribution in [-0.4, -0.2) is 38.9 Å². The lowest BCUT2D eigenvalue weighted by molar-refractivity contribution is -0.140. The lowest BCUT2D eigenvalue weighted by Gasteiger charge is -2.19. The number of anilines is 1. The molecule has 158 valence electrons. The third kappa shape index (κ3) is 4.09. The van der Waals surface area contributed by atoms with Crippen LogP contribution >= 0.6 is 23.2 Å². The molecule has 0 spiro atoms. The van der Waals surface area contributed by atoms with Crippen LogP contribution in [0.4, 0.5) is 5.82 Å². The molecule has 0 radical (unpaired) electrons. The van der Waals surface area contributed by atoms with Crippen molar-refractivity contribution in [1.29, 1.82) is 0 Å². The second kappa shape index (κ2) is 8.78. The van der Waals surface area contributed by atoms with Gasteiger partial charge in [-0.2, -0.15) is 5.10 Å². The normalized spacial score (nSPS) is 21.1. The van der Waals surface area contributed by atoms with Gasteiger partial charge in [0.15, 0.2) is 0 Å². The van der Waals surface area contributed by atoms with E-state index in [2.05, 4.69) is 10.4 Å². The van der Waals surface area contributed by atoms with Gasteiger partial charge in [-0.3, -0.25) is 19.3 Å². The maximum Gasteiger partial charge on any atom is 0.233 e. The third-order valence-corrected chi connectivity index (χ3v) is 6.69. The number of fused-ring (bicyclic) bond motifs is 1. The Morgan fingerprint density at radius 2 is 1.80 bits per heavy atom. The molecule has 2 aliphatic rings. The van der Waals surface area contributed by atoms with E-state index in [9.17, 15) is 14.4 Å². The summed E-state index contributed by atoms with van der Waals surface area (Å²) in [6.45, 7) is 0.444. The van der Waals surface area contributed by atoms with E-state index in [1.165, 1.54) is 4.90 Å². The molecule has 1 N–H and O–H groups in total. The van der Waals surface area contributed by atoms with E-state index in [0.29, 0.717) is 22.4 Å². The zero-order valence-electron chi connectivity index (χ0n) is 16.3. The summed E-state index contributed by atoms with van der Waals surface area (Å²) in [6.07, 6.45) is 5.11. The van der Waals surface area contributed by atoms with Crippen molar-refractivity contribution in [2.75, 3.05) is 11.9 Å². The van der Waals surface area contributed by atoms with Crippen LogP contribution in [-0.2, 0) is 20.9 Å². The Bertz CT molecular complexity index is 966. The van der Waals surface area contributed by atoms with Crippen molar-refractivity contribution < 1.29 is 14.4 Å². The Morgan fingerprint density at radius 1 is 1.10 bits per heavy atom. The molecule has 2 aromatic rings. The summed E-state index contributed by atoms with van der Waals surface area (Å²) in [4.78, 5) is 38.8. The van der Waals surface area contributed by atoms with Crippen LogP contribution in [0.1, 0.15) is 37.7 Å². The number of halogens is 2. The van der Waals surface area contributed by atoms with Gasteiger partial charge in [-0.25, -0.2) is 4.68 Å². The highest BCUT2D eigenvalue weighted by Gasteiger charge is 2.47. The van der Waals surface area contributed by atoms with Crippen LogP contribution in [0, 0.1) is 11.8 Å². The monoisotopic (exact) mass is 448 g/mol. The Kier molecular flexibility index (Phi) is 6.11. The Morgan fingerprint density at radius 3 is 2.50 bits per heavy atom. The summed E-state index contributed by atoms with van der Waals surface area (Å²) < 4.78 is 1.61. The Balaban J connectivity index is 1.36. The number of hydrogen-bond acceptors (Lipinski definition) is 4. The van der Waals surface area contributed by atoms with Crippen LogP contribution in [0.5, 0.6) is 0 Å². The van der Waals surface area contributed by atoms with Gasteiger partial charge in [0.25, 0.3) is 0 Å². The van der Waals surface area contributed by atoms with Crippen molar-refractivity contribution in [3.63, 3.8) is 0 Å². The van der Waals surface area contributed by atoms with Crippen molar-refractivity contribution >= 4 is 46.7 Å². The first-order chi connectivity index (χ1) is 14.5. The van der Waals surface area contributed by atoms with Gasteiger partial charge in [0.2, 0.25) is 17.7 Å². The Labute approximate surface area is 184 Å². The van der Waals surface area contributed by atoms with E-state index in [1.807, 2.05) is 6.07 Å². The summed E-state index contributed by atoms with van der Waals surface area (Å²) in [6, 6.07) is 7.02. The minimum absolute atomic E-state index is 0.0417. The van der Waals surface area contributed by atoms with E-state index in [0.717, 1.165) is 31.2 Å². The predicted molar refractivity (Wildman–Crippen MR) is 113 cm³/mol. The van der Waals surface area contributed by atoms with Crippen LogP contribution in [0.3, 0.4) is 0 Å². The smallest absolute Gasteiger partial charge is 0.233 e.